The molecule has 0 saturated heterocycles. The molecule has 25 heavy (non-hydrogen) atoms. The molecule has 0 spiro atoms. The third kappa shape index (κ3) is 4.36. The van der Waals surface area contributed by atoms with Crippen LogP contribution < -0.4 is 14.8 Å². The highest BCUT2D eigenvalue weighted by Gasteiger charge is 2.42. The number of carbonyl (C=O) groups is 1. The summed E-state index contributed by atoms with van der Waals surface area (Å²) >= 11 is 0. The molecule has 138 valence electrons. The number of amides is 1. The molecule has 8 heteroatoms. The van der Waals surface area contributed by atoms with Crippen molar-refractivity contribution in [2.24, 2.45) is 5.92 Å². The van der Waals surface area contributed by atoms with Gasteiger partial charge in [0.2, 0.25) is 5.91 Å². The number of hydrogen-bond acceptors (Lipinski definition) is 4. The summed E-state index contributed by atoms with van der Waals surface area (Å²) in [7, 11) is 0. The van der Waals surface area contributed by atoms with Gasteiger partial charge in [-0.1, -0.05) is 0 Å². The molecule has 2 saturated carbocycles. The van der Waals surface area contributed by atoms with Crippen LogP contribution in [-0.2, 0) is 4.79 Å². The molecular formula is C17H20F3NO4. The van der Waals surface area contributed by atoms with Gasteiger partial charge in [0, 0.05) is 18.0 Å². The van der Waals surface area contributed by atoms with E-state index in [-0.39, 0.29) is 35.5 Å². The molecule has 0 radical (unpaired) electrons. The van der Waals surface area contributed by atoms with Gasteiger partial charge in [-0.2, -0.15) is 8.78 Å². The Morgan fingerprint density at radius 2 is 2.00 bits per heavy atom. The number of rotatable bonds is 6. The van der Waals surface area contributed by atoms with Crippen LogP contribution in [0.2, 0.25) is 0 Å². The predicted molar refractivity (Wildman–Crippen MR) is 82.0 cm³/mol. The van der Waals surface area contributed by atoms with Gasteiger partial charge in [0.1, 0.15) is 11.9 Å². The van der Waals surface area contributed by atoms with Crippen LogP contribution >= 0.6 is 0 Å². The number of nitrogens with one attached hydrogen (secondary N) is 1. The van der Waals surface area contributed by atoms with E-state index in [1.165, 1.54) is 0 Å². The van der Waals surface area contributed by atoms with Crippen molar-refractivity contribution in [3.05, 3.63) is 24.0 Å². The first-order chi connectivity index (χ1) is 11.7. The zero-order chi connectivity index (χ0) is 18.2. The van der Waals surface area contributed by atoms with Crippen molar-refractivity contribution >= 4 is 5.91 Å². The quantitative estimate of drug-likeness (QED) is 0.819. The molecule has 2 aliphatic carbocycles. The second-order valence-electron chi connectivity index (χ2n) is 6.99. The molecule has 5 nitrogen and oxygen atoms in total. The van der Waals surface area contributed by atoms with E-state index in [4.69, 9.17) is 4.74 Å². The summed E-state index contributed by atoms with van der Waals surface area (Å²) in [4.78, 5) is 12.1. The number of carbonyl (C=O) groups excluding carboxylic acids is 1. The molecule has 0 aromatic heterocycles. The lowest BCUT2D eigenvalue weighted by Crippen LogP contribution is -2.56. The van der Waals surface area contributed by atoms with Crippen LogP contribution in [0.4, 0.5) is 13.2 Å². The van der Waals surface area contributed by atoms with E-state index in [2.05, 4.69) is 10.1 Å². The summed E-state index contributed by atoms with van der Waals surface area (Å²) in [5.41, 5.74) is -0.707. The van der Waals surface area contributed by atoms with E-state index in [1.807, 2.05) is 0 Å². The summed E-state index contributed by atoms with van der Waals surface area (Å²) in [5, 5.41) is 12.5. The molecule has 0 bridgehead atoms. The van der Waals surface area contributed by atoms with Gasteiger partial charge < -0.3 is 19.9 Å². The molecule has 0 heterocycles. The maximum Gasteiger partial charge on any atom is 0.387 e. The number of halogens is 3. The van der Waals surface area contributed by atoms with Crippen LogP contribution in [0, 0.1) is 11.7 Å². The Labute approximate surface area is 143 Å². The molecule has 1 aromatic carbocycles. The van der Waals surface area contributed by atoms with Crippen molar-refractivity contribution in [1.82, 2.24) is 5.32 Å². The average molecular weight is 359 g/mol. The van der Waals surface area contributed by atoms with Crippen molar-refractivity contribution in [2.45, 2.75) is 57.0 Å². The Morgan fingerprint density at radius 1 is 1.32 bits per heavy atom. The van der Waals surface area contributed by atoms with E-state index in [9.17, 15) is 23.1 Å². The van der Waals surface area contributed by atoms with Crippen LogP contribution in [-0.4, -0.2) is 35.4 Å². The van der Waals surface area contributed by atoms with Crippen molar-refractivity contribution < 1.29 is 32.5 Å². The summed E-state index contributed by atoms with van der Waals surface area (Å²) in [6.07, 6.45) is 1.53. The third-order valence-electron chi connectivity index (χ3n) is 4.60. The summed E-state index contributed by atoms with van der Waals surface area (Å²) in [5.74, 6) is -1.30. The van der Waals surface area contributed by atoms with Gasteiger partial charge in [-0.15, -0.1) is 0 Å². The van der Waals surface area contributed by atoms with Gasteiger partial charge >= 0.3 is 6.61 Å². The maximum atomic E-state index is 13.3. The highest BCUT2D eigenvalue weighted by Crippen LogP contribution is 2.37. The first-order valence-electron chi connectivity index (χ1n) is 8.15. The van der Waals surface area contributed by atoms with Gasteiger partial charge in [-0.05, 0) is 44.7 Å². The SMILES string of the molecule is CC1(O)CC(NC(=O)C2CC(Oc3cc(F)ccc3OC(F)F)C2)C1. The zero-order valence-electron chi connectivity index (χ0n) is 13.7. The second kappa shape index (κ2) is 6.74. The van der Waals surface area contributed by atoms with Gasteiger partial charge in [-0.25, -0.2) is 4.39 Å². The maximum absolute atomic E-state index is 13.3. The van der Waals surface area contributed by atoms with Crippen molar-refractivity contribution in [3.8, 4) is 11.5 Å². The molecule has 1 aromatic rings. The fourth-order valence-corrected chi connectivity index (χ4v) is 3.25. The molecule has 2 aliphatic rings. The summed E-state index contributed by atoms with van der Waals surface area (Å²) in [6, 6.07) is 3.07. The van der Waals surface area contributed by atoms with Crippen LogP contribution in [0.25, 0.3) is 0 Å². The first-order valence-corrected chi connectivity index (χ1v) is 8.15. The smallest absolute Gasteiger partial charge is 0.387 e. The molecule has 1 amide bonds. The highest BCUT2D eigenvalue weighted by atomic mass is 19.3. The van der Waals surface area contributed by atoms with Crippen LogP contribution in [0.15, 0.2) is 18.2 Å². The molecule has 0 atom stereocenters. The lowest BCUT2D eigenvalue weighted by atomic mass is 9.76. The van der Waals surface area contributed by atoms with Crippen LogP contribution in [0.1, 0.15) is 32.6 Å². The Balaban J connectivity index is 1.49. The van der Waals surface area contributed by atoms with Gasteiger partial charge in [-0.3, -0.25) is 4.79 Å². The normalized spacial score (nSPS) is 31.0. The van der Waals surface area contributed by atoms with Gasteiger partial charge in [0.25, 0.3) is 0 Å². The minimum Gasteiger partial charge on any atom is -0.486 e. The fraction of sp³-hybridized carbons (Fsp3) is 0.588. The molecule has 2 N–H and O–H groups in total. The number of alkyl halides is 2. The minimum atomic E-state index is -3.03. The van der Waals surface area contributed by atoms with E-state index >= 15 is 0 Å². The topological polar surface area (TPSA) is 67.8 Å². The van der Waals surface area contributed by atoms with E-state index < -0.39 is 18.0 Å². The van der Waals surface area contributed by atoms with Crippen LogP contribution in [0.5, 0.6) is 11.5 Å². The molecule has 2 fully saturated rings. The van der Waals surface area contributed by atoms with E-state index in [1.54, 1.807) is 6.92 Å². The lowest BCUT2D eigenvalue weighted by Gasteiger charge is -2.43. The average Bonchev–Trinajstić information content (AvgIpc) is 2.42. The molecular weight excluding hydrogens is 339 g/mol. The lowest BCUT2D eigenvalue weighted by molar-refractivity contribution is -0.134. The number of aliphatic hydroxyl groups is 1. The Kier molecular flexibility index (Phi) is 4.81. The van der Waals surface area contributed by atoms with Crippen molar-refractivity contribution in [3.63, 3.8) is 0 Å². The Hall–Kier alpha value is -1.96. The highest BCUT2D eigenvalue weighted by molar-refractivity contribution is 5.80. The second-order valence-corrected chi connectivity index (χ2v) is 6.99. The Bertz CT molecular complexity index is 639. The molecule has 3 rings (SSSR count). The number of benzene rings is 1. The third-order valence-corrected chi connectivity index (χ3v) is 4.60. The summed E-state index contributed by atoms with van der Waals surface area (Å²) < 4.78 is 47.9. The largest absolute Gasteiger partial charge is 0.486 e. The van der Waals surface area contributed by atoms with E-state index in [0.29, 0.717) is 25.7 Å². The molecule has 0 aliphatic heterocycles. The number of ether oxygens (including phenoxy) is 2. The minimum absolute atomic E-state index is 0.0169. The zero-order valence-corrected chi connectivity index (χ0v) is 13.7. The van der Waals surface area contributed by atoms with Crippen LogP contribution in [0.3, 0.4) is 0 Å². The molecule has 0 unspecified atom stereocenters. The van der Waals surface area contributed by atoms with Gasteiger partial charge in [0.05, 0.1) is 5.60 Å². The van der Waals surface area contributed by atoms with Crippen molar-refractivity contribution in [2.75, 3.05) is 0 Å². The monoisotopic (exact) mass is 359 g/mol. The van der Waals surface area contributed by atoms with Gasteiger partial charge in [0.15, 0.2) is 11.5 Å². The van der Waals surface area contributed by atoms with E-state index in [0.717, 1.165) is 18.2 Å². The standard InChI is InChI=1S/C17H20F3NO4/c1-17(23)7-11(8-17)21-15(22)9-4-12(5-9)24-14-6-10(18)2-3-13(14)25-16(19)20/h2-3,6,9,11-12,16,23H,4-5,7-8H2,1H3,(H,21,22). The predicted octanol–water partition coefficient (Wildman–Crippen LogP) is 2.61. The Morgan fingerprint density at radius 3 is 2.60 bits per heavy atom. The number of hydrogen-bond donors (Lipinski definition) is 2. The fourth-order valence-electron chi connectivity index (χ4n) is 3.25. The summed E-state index contributed by atoms with van der Waals surface area (Å²) in [6.45, 7) is -1.31. The van der Waals surface area contributed by atoms with Crippen molar-refractivity contribution in [1.29, 1.82) is 0 Å². The first kappa shape index (κ1) is 17.8.